The third-order valence-corrected chi connectivity index (χ3v) is 2.26. The Hall–Kier alpha value is -1.51. The molecule has 2 rings (SSSR count). The summed E-state index contributed by atoms with van der Waals surface area (Å²) in [4.78, 5) is 10.1. The second-order valence-corrected chi connectivity index (χ2v) is 3.29. The van der Waals surface area contributed by atoms with Gasteiger partial charge in [-0.1, -0.05) is 6.07 Å². The van der Waals surface area contributed by atoms with Gasteiger partial charge in [0.1, 0.15) is 0 Å². The lowest BCUT2D eigenvalue weighted by Crippen LogP contribution is -1.95. The molecule has 1 aliphatic carbocycles. The van der Waals surface area contributed by atoms with Gasteiger partial charge in [0.25, 0.3) is 6.47 Å². The molecule has 3 heteroatoms. The van der Waals surface area contributed by atoms with Crippen LogP contribution in [0.1, 0.15) is 24.3 Å². The van der Waals surface area contributed by atoms with E-state index in [0.717, 1.165) is 0 Å². The molecule has 2 N–H and O–H groups in total. The first-order chi connectivity index (χ1) is 6.31. The fourth-order valence-corrected chi connectivity index (χ4v) is 1.38. The Morgan fingerprint density at radius 2 is 2.23 bits per heavy atom. The van der Waals surface area contributed by atoms with Gasteiger partial charge in [0.2, 0.25) is 0 Å². The second kappa shape index (κ2) is 3.09. The minimum absolute atomic E-state index is 0.405. The number of carbonyl (C=O) groups excluding carboxylic acids is 1. The quantitative estimate of drug-likeness (QED) is 0.564. The molecule has 0 radical (unpaired) electrons. The Bertz CT molecular complexity index is 332. The summed E-state index contributed by atoms with van der Waals surface area (Å²) in [7, 11) is 0. The Morgan fingerprint density at radius 3 is 2.85 bits per heavy atom. The van der Waals surface area contributed by atoms with Crippen LogP contribution in [0.4, 0.5) is 5.69 Å². The summed E-state index contributed by atoms with van der Waals surface area (Å²) in [6.45, 7) is 0.405. The SMILES string of the molecule is Nc1ccc(C2CC2)cc1OC=O. The minimum atomic E-state index is 0.405. The zero-order valence-electron chi connectivity index (χ0n) is 7.19. The van der Waals surface area contributed by atoms with Gasteiger partial charge in [-0.15, -0.1) is 0 Å². The van der Waals surface area contributed by atoms with Crippen LogP contribution in [-0.2, 0) is 4.79 Å². The highest BCUT2D eigenvalue weighted by Gasteiger charge is 2.24. The molecule has 0 heterocycles. The summed E-state index contributed by atoms with van der Waals surface area (Å²) < 4.78 is 4.75. The highest BCUT2D eigenvalue weighted by atomic mass is 16.5. The van der Waals surface area contributed by atoms with Gasteiger partial charge in [-0.05, 0) is 36.5 Å². The predicted octanol–water partition coefficient (Wildman–Crippen LogP) is 1.68. The summed E-state index contributed by atoms with van der Waals surface area (Å²) in [6.07, 6.45) is 2.45. The standard InChI is InChI=1S/C10H11NO2/c11-9-4-3-8(7-1-2-7)5-10(9)13-6-12/h3-7H,1-2,11H2. The van der Waals surface area contributed by atoms with Gasteiger partial charge in [-0.2, -0.15) is 0 Å². The molecule has 0 unspecified atom stereocenters. The van der Waals surface area contributed by atoms with Crippen molar-refractivity contribution in [3.63, 3.8) is 0 Å². The molecular weight excluding hydrogens is 166 g/mol. The summed E-state index contributed by atoms with van der Waals surface area (Å²) in [5, 5.41) is 0. The van der Waals surface area contributed by atoms with Crippen molar-refractivity contribution in [2.24, 2.45) is 0 Å². The van der Waals surface area contributed by atoms with Crippen LogP contribution in [0.2, 0.25) is 0 Å². The number of anilines is 1. The van der Waals surface area contributed by atoms with Gasteiger partial charge in [0.15, 0.2) is 5.75 Å². The zero-order valence-corrected chi connectivity index (χ0v) is 7.19. The Morgan fingerprint density at radius 1 is 1.46 bits per heavy atom. The van der Waals surface area contributed by atoms with Crippen molar-refractivity contribution in [3.8, 4) is 5.75 Å². The van der Waals surface area contributed by atoms with Crippen LogP contribution in [0.25, 0.3) is 0 Å². The molecule has 3 nitrogen and oxygen atoms in total. The summed E-state index contributed by atoms with van der Waals surface area (Å²) in [5.41, 5.74) is 7.34. The zero-order chi connectivity index (χ0) is 9.26. The lowest BCUT2D eigenvalue weighted by molar-refractivity contribution is -0.120. The third-order valence-electron chi connectivity index (χ3n) is 2.26. The van der Waals surface area contributed by atoms with Gasteiger partial charge >= 0.3 is 0 Å². The molecule has 0 spiro atoms. The van der Waals surface area contributed by atoms with E-state index in [0.29, 0.717) is 23.8 Å². The molecule has 0 saturated heterocycles. The van der Waals surface area contributed by atoms with Crippen LogP contribution >= 0.6 is 0 Å². The first kappa shape index (κ1) is 8.10. The average molecular weight is 177 g/mol. The van der Waals surface area contributed by atoms with Crippen molar-refractivity contribution in [2.75, 3.05) is 5.73 Å². The van der Waals surface area contributed by atoms with E-state index < -0.39 is 0 Å². The average Bonchev–Trinajstić information content (AvgIpc) is 2.92. The largest absolute Gasteiger partial charge is 0.427 e. The molecule has 1 aromatic carbocycles. The van der Waals surface area contributed by atoms with Crippen molar-refractivity contribution in [2.45, 2.75) is 18.8 Å². The molecule has 0 atom stereocenters. The second-order valence-electron chi connectivity index (χ2n) is 3.29. The maximum Gasteiger partial charge on any atom is 0.298 e. The molecule has 1 saturated carbocycles. The minimum Gasteiger partial charge on any atom is -0.427 e. The molecule has 0 amide bonds. The van der Waals surface area contributed by atoms with Gasteiger partial charge in [0, 0.05) is 0 Å². The van der Waals surface area contributed by atoms with Crippen LogP contribution in [0.3, 0.4) is 0 Å². The van der Waals surface area contributed by atoms with E-state index >= 15 is 0 Å². The van der Waals surface area contributed by atoms with E-state index in [1.54, 1.807) is 6.07 Å². The predicted molar refractivity (Wildman–Crippen MR) is 49.5 cm³/mol. The van der Waals surface area contributed by atoms with Crippen LogP contribution in [0, 0.1) is 0 Å². The van der Waals surface area contributed by atoms with E-state index in [-0.39, 0.29) is 0 Å². The van der Waals surface area contributed by atoms with Crippen molar-refractivity contribution >= 4 is 12.2 Å². The Kier molecular flexibility index (Phi) is 1.93. The first-order valence-electron chi connectivity index (χ1n) is 4.31. The van der Waals surface area contributed by atoms with Gasteiger partial charge in [0.05, 0.1) is 5.69 Å². The van der Waals surface area contributed by atoms with Crippen LogP contribution < -0.4 is 10.5 Å². The van der Waals surface area contributed by atoms with E-state index in [2.05, 4.69) is 0 Å². The van der Waals surface area contributed by atoms with Crippen molar-refractivity contribution in [1.82, 2.24) is 0 Å². The lowest BCUT2D eigenvalue weighted by Gasteiger charge is -2.04. The summed E-state index contributed by atoms with van der Waals surface area (Å²) in [6, 6.07) is 5.62. The number of benzene rings is 1. The highest BCUT2D eigenvalue weighted by molar-refractivity contribution is 5.59. The third kappa shape index (κ3) is 1.64. The van der Waals surface area contributed by atoms with Gasteiger partial charge < -0.3 is 10.5 Å². The molecule has 13 heavy (non-hydrogen) atoms. The topological polar surface area (TPSA) is 52.3 Å². The summed E-state index contributed by atoms with van der Waals surface area (Å²) in [5.74, 6) is 1.12. The number of hydrogen-bond donors (Lipinski definition) is 1. The number of ether oxygens (including phenoxy) is 1. The molecule has 68 valence electrons. The molecule has 0 bridgehead atoms. The van der Waals surface area contributed by atoms with E-state index in [1.807, 2.05) is 12.1 Å². The number of carbonyl (C=O) groups is 1. The number of rotatable bonds is 3. The van der Waals surface area contributed by atoms with Crippen LogP contribution in [0.15, 0.2) is 18.2 Å². The summed E-state index contributed by atoms with van der Waals surface area (Å²) >= 11 is 0. The van der Waals surface area contributed by atoms with Crippen molar-refractivity contribution < 1.29 is 9.53 Å². The van der Waals surface area contributed by atoms with Gasteiger partial charge in [-0.3, -0.25) is 4.79 Å². The molecule has 1 fully saturated rings. The monoisotopic (exact) mass is 177 g/mol. The molecule has 1 aliphatic rings. The Balaban J connectivity index is 2.29. The number of hydrogen-bond acceptors (Lipinski definition) is 3. The molecule has 1 aromatic rings. The Labute approximate surface area is 76.5 Å². The van der Waals surface area contributed by atoms with E-state index in [1.165, 1.54) is 18.4 Å². The molecular formula is C10H11NO2. The number of nitrogen functional groups attached to an aromatic ring is 1. The van der Waals surface area contributed by atoms with Crippen molar-refractivity contribution in [3.05, 3.63) is 23.8 Å². The molecule has 0 aliphatic heterocycles. The molecule has 0 aromatic heterocycles. The van der Waals surface area contributed by atoms with Crippen LogP contribution in [0.5, 0.6) is 5.75 Å². The maximum absolute atomic E-state index is 10.1. The van der Waals surface area contributed by atoms with Crippen molar-refractivity contribution in [1.29, 1.82) is 0 Å². The van der Waals surface area contributed by atoms with Gasteiger partial charge in [-0.25, -0.2) is 0 Å². The fraction of sp³-hybridized carbons (Fsp3) is 0.300. The normalized spacial score (nSPS) is 15.4. The number of nitrogens with two attached hydrogens (primary N) is 1. The fourth-order valence-electron chi connectivity index (χ4n) is 1.38. The van der Waals surface area contributed by atoms with E-state index in [9.17, 15) is 4.79 Å². The lowest BCUT2D eigenvalue weighted by atomic mass is 10.1. The smallest absolute Gasteiger partial charge is 0.298 e. The maximum atomic E-state index is 10.1. The highest BCUT2D eigenvalue weighted by Crippen LogP contribution is 2.41. The van der Waals surface area contributed by atoms with Crippen LogP contribution in [-0.4, -0.2) is 6.47 Å². The van der Waals surface area contributed by atoms with E-state index in [4.69, 9.17) is 10.5 Å². The first-order valence-corrected chi connectivity index (χ1v) is 4.31.